The van der Waals surface area contributed by atoms with Gasteiger partial charge in [0.15, 0.2) is 5.96 Å². The molecule has 0 aromatic rings. The summed E-state index contributed by atoms with van der Waals surface area (Å²) >= 11 is 1.76. The Hall–Kier alpha value is -0.600. The van der Waals surface area contributed by atoms with Gasteiger partial charge in [-0.25, -0.2) is 8.78 Å². The van der Waals surface area contributed by atoms with Gasteiger partial charge in [-0.2, -0.15) is 11.8 Å². The predicted octanol–water partition coefficient (Wildman–Crippen LogP) is 1.14. The van der Waals surface area contributed by atoms with Crippen molar-refractivity contribution < 1.29 is 13.9 Å². The average molecular weight is 350 g/mol. The molecule has 2 rings (SSSR count). The molecule has 1 atom stereocenters. The summed E-state index contributed by atoms with van der Waals surface area (Å²) in [5.41, 5.74) is -0.687. The standard InChI is InChI=1S/C15H28F2N4OS/c1-2-18-14(19-10-15(22)5-8-23-11-15)20-12-3-6-21(7-4-12)9-13(16)17/h12-13,22H,2-11H2,1H3,(H2,18,19,20). The molecule has 2 saturated heterocycles. The van der Waals surface area contributed by atoms with Gasteiger partial charge in [-0.1, -0.05) is 0 Å². The van der Waals surface area contributed by atoms with Gasteiger partial charge in [0.25, 0.3) is 6.43 Å². The van der Waals surface area contributed by atoms with Gasteiger partial charge >= 0.3 is 0 Å². The Balaban J connectivity index is 1.80. The lowest BCUT2D eigenvalue weighted by atomic mass is 10.0. The van der Waals surface area contributed by atoms with Crippen molar-refractivity contribution in [3.8, 4) is 0 Å². The number of likely N-dealkylation sites (tertiary alicyclic amines) is 1. The van der Waals surface area contributed by atoms with E-state index in [1.165, 1.54) is 0 Å². The van der Waals surface area contributed by atoms with Crippen molar-refractivity contribution in [1.82, 2.24) is 15.5 Å². The monoisotopic (exact) mass is 350 g/mol. The predicted molar refractivity (Wildman–Crippen MR) is 91.5 cm³/mol. The fourth-order valence-corrected chi connectivity index (χ4v) is 4.20. The Morgan fingerprint density at radius 1 is 1.43 bits per heavy atom. The molecule has 0 amide bonds. The van der Waals surface area contributed by atoms with Gasteiger partial charge in [0.1, 0.15) is 0 Å². The Labute approximate surface area is 141 Å². The molecule has 2 aliphatic heterocycles. The van der Waals surface area contributed by atoms with Gasteiger partial charge in [0.05, 0.1) is 18.7 Å². The highest BCUT2D eigenvalue weighted by Crippen LogP contribution is 2.27. The quantitative estimate of drug-likeness (QED) is 0.495. The highest BCUT2D eigenvalue weighted by Gasteiger charge is 2.31. The first kappa shape index (κ1) is 18.7. The largest absolute Gasteiger partial charge is 0.387 e. The summed E-state index contributed by atoms with van der Waals surface area (Å²) < 4.78 is 24.8. The zero-order valence-electron chi connectivity index (χ0n) is 13.7. The maximum absolute atomic E-state index is 12.4. The number of aliphatic hydroxyl groups is 1. The number of hydrogen-bond donors (Lipinski definition) is 3. The van der Waals surface area contributed by atoms with Crippen molar-refractivity contribution >= 4 is 17.7 Å². The Morgan fingerprint density at radius 3 is 2.74 bits per heavy atom. The first-order chi connectivity index (χ1) is 11.0. The Kier molecular flexibility index (Phi) is 7.36. The van der Waals surface area contributed by atoms with E-state index in [2.05, 4.69) is 15.6 Å². The molecule has 3 N–H and O–H groups in total. The van der Waals surface area contributed by atoms with Crippen LogP contribution in [0.1, 0.15) is 26.2 Å². The van der Waals surface area contributed by atoms with Crippen LogP contribution in [-0.4, -0.2) is 78.3 Å². The Bertz CT molecular complexity index is 384. The molecular formula is C15H28F2N4OS. The molecule has 0 aromatic heterocycles. The number of halogens is 2. The van der Waals surface area contributed by atoms with Crippen LogP contribution in [0.3, 0.4) is 0 Å². The Morgan fingerprint density at radius 2 is 2.17 bits per heavy atom. The zero-order chi connectivity index (χ0) is 16.7. The average Bonchev–Trinajstić information content (AvgIpc) is 2.94. The molecule has 134 valence electrons. The minimum absolute atomic E-state index is 0.133. The van der Waals surface area contributed by atoms with E-state index >= 15 is 0 Å². The lowest BCUT2D eigenvalue weighted by Gasteiger charge is -2.33. The zero-order valence-corrected chi connectivity index (χ0v) is 14.5. The van der Waals surface area contributed by atoms with Crippen LogP contribution in [0, 0.1) is 0 Å². The van der Waals surface area contributed by atoms with Crippen molar-refractivity contribution in [3.05, 3.63) is 0 Å². The molecule has 5 nitrogen and oxygen atoms in total. The van der Waals surface area contributed by atoms with Crippen molar-refractivity contribution in [1.29, 1.82) is 0 Å². The number of alkyl halides is 2. The van der Waals surface area contributed by atoms with Crippen LogP contribution in [-0.2, 0) is 0 Å². The molecular weight excluding hydrogens is 322 g/mol. The second-order valence-corrected chi connectivity index (χ2v) is 7.44. The molecule has 1 unspecified atom stereocenters. The number of aliphatic imine (C=N–C) groups is 1. The van der Waals surface area contributed by atoms with E-state index in [9.17, 15) is 13.9 Å². The summed E-state index contributed by atoms with van der Waals surface area (Å²) in [4.78, 5) is 6.34. The van der Waals surface area contributed by atoms with Gasteiger partial charge in [0.2, 0.25) is 0 Å². The normalized spacial score (nSPS) is 27.6. The number of nitrogens with one attached hydrogen (secondary N) is 2. The topological polar surface area (TPSA) is 59.9 Å². The van der Waals surface area contributed by atoms with Gasteiger partial charge in [-0.15, -0.1) is 0 Å². The number of rotatable bonds is 6. The van der Waals surface area contributed by atoms with Crippen LogP contribution in [0.15, 0.2) is 4.99 Å². The summed E-state index contributed by atoms with van der Waals surface area (Å²) in [5, 5.41) is 17.0. The first-order valence-electron chi connectivity index (χ1n) is 8.36. The summed E-state index contributed by atoms with van der Waals surface area (Å²) in [7, 11) is 0. The molecule has 2 heterocycles. The molecule has 2 aliphatic rings. The lowest BCUT2D eigenvalue weighted by molar-refractivity contribution is 0.0742. The molecule has 8 heteroatoms. The van der Waals surface area contributed by atoms with Crippen LogP contribution in [0.25, 0.3) is 0 Å². The summed E-state index contributed by atoms with van der Waals surface area (Å²) in [6.07, 6.45) is 0.185. The third kappa shape index (κ3) is 6.43. The van der Waals surface area contributed by atoms with E-state index in [1.54, 1.807) is 11.8 Å². The van der Waals surface area contributed by atoms with Crippen LogP contribution in [0.4, 0.5) is 8.78 Å². The number of hydrogen-bond acceptors (Lipinski definition) is 4. The number of guanidine groups is 1. The first-order valence-corrected chi connectivity index (χ1v) is 9.52. The molecule has 0 saturated carbocycles. The number of nitrogens with zero attached hydrogens (tertiary/aromatic N) is 2. The maximum atomic E-state index is 12.4. The smallest absolute Gasteiger partial charge is 0.251 e. The SMILES string of the molecule is CCNC(=NCC1(O)CCSC1)NC1CCN(CC(F)F)CC1. The van der Waals surface area contributed by atoms with Gasteiger partial charge < -0.3 is 15.7 Å². The lowest BCUT2D eigenvalue weighted by Crippen LogP contribution is -2.49. The third-order valence-electron chi connectivity index (χ3n) is 4.28. The third-order valence-corrected chi connectivity index (χ3v) is 5.52. The second kappa shape index (κ2) is 9.03. The van der Waals surface area contributed by atoms with Crippen molar-refractivity contribution in [2.24, 2.45) is 4.99 Å². The van der Waals surface area contributed by atoms with E-state index in [1.807, 2.05) is 11.8 Å². The van der Waals surface area contributed by atoms with Crippen LogP contribution in [0.2, 0.25) is 0 Å². The van der Waals surface area contributed by atoms with Crippen LogP contribution < -0.4 is 10.6 Å². The molecule has 23 heavy (non-hydrogen) atoms. The van der Waals surface area contributed by atoms with E-state index in [0.717, 1.165) is 37.3 Å². The molecule has 0 bridgehead atoms. The van der Waals surface area contributed by atoms with E-state index < -0.39 is 12.0 Å². The van der Waals surface area contributed by atoms with E-state index in [-0.39, 0.29) is 12.6 Å². The number of thioether (sulfide) groups is 1. The highest BCUT2D eigenvalue weighted by atomic mass is 32.2. The molecule has 0 aromatic carbocycles. The van der Waals surface area contributed by atoms with Crippen LogP contribution in [0.5, 0.6) is 0 Å². The minimum Gasteiger partial charge on any atom is -0.387 e. The second-order valence-electron chi connectivity index (χ2n) is 6.33. The molecule has 0 radical (unpaired) electrons. The molecule has 0 spiro atoms. The fraction of sp³-hybridized carbons (Fsp3) is 0.933. The summed E-state index contributed by atoms with van der Waals surface area (Å²) in [6, 6.07) is 0.245. The van der Waals surface area contributed by atoms with Gasteiger partial charge in [0, 0.05) is 31.4 Å². The molecule has 0 aliphatic carbocycles. The minimum atomic E-state index is -2.26. The van der Waals surface area contributed by atoms with Crippen molar-refractivity contribution in [2.45, 2.75) is 44.3 Å². The van der Waals surface area contributed by atoms with Crippen molar-refractivity contribution in [3.63, 3.8) is 0 Å². The summed E-state index contributed by atoms with van der Waals surface area (Å²) in [5.74, 6) is 2.44. The number of piperidine rings is 1. The maximum Gasteiger partial charge on any atom is 0.251 e. The molecule has 2 fully saturated rings. The summed E-state index contributed by atoms with van der Waals surface area (Å²) in [6.45, 7) is 4.39. The van der Waals surface area contributed by atoms with Crippen LogP contribution >= 0.6 is 11.8 Å². The van der Waals surface area contributed by atoms with E-state index in [4.69, 9.17) is 0 Å². The van der Waals surface area contributed by atoms with Crippen molar-refractivity contribution in [2.75, 3.05) is 44.2 Å². The van der Waals surface area contributed by atoms with E-state index in [0.29, 0.717) is 25.6 Å². The van der Waals surface area contributed by atoms with Gasteiger partial charge in [-0.05, 0) is 31.9 Å². The van der Waals surface area contributed by atoms with Gasteiger partial charge in [-0.3, -0.25) is 9.89 Å². The highest BCUT2D eigenvalue weighted by molar-refractivity contribution is 7.99. The fourth-order valence-electron chi connectivity index (χ4n) is 2.92.